The number of hydrogen-bond donors (Lipinski definition) is 2. The molecule has 2 rings (SSSR count). The fraction of sp³-hybridized carbons (Fsp3) is 0.462. The van der Waals surface area contributed by atoms with Crippen molar-refractivity contribution in [1.29, 1.82) is 0 Å². The lowest BCUT2D eigenvalue weighted by atomic mass is 10.1. The van der Waals surface area contributed by atoms with Crippen LogP contribution in [0.1, 0.15) is 18.0 Å². The summed E-state index contributed by atoms with van der Waals surface area (Å²) in [6.07, 6.45) is 3.27. The van der Waals surface area contributed by atoms with Crippen LogP contribution in [0.25, 0.3) is 0 Å². The molecule has 1 unspecified atom stereocenters. The van der Waals surface area contributed by atoms with Crippen molar-refractivity contribution in [2.75, 3.05) is 35.8 Å². The third-order valence-electron chi connectivity index (χ3n) is 3.20. The van der Waals surface area contributed by atoms with Gasteiger partial charge in [0.15, 0.2) is 0 Å². The monoisotopic (exact) mass is 265 g/mol. The maximum atomic E-state index is 11.5. The second-order valence-electron chi connectivity index (χ2n) is 4.51. The summed E-state index contributed by atoms with van der Waals surface area (Å²) in [7, 11) is 2.07. The number of fused-ring (bicyclic) bond motifs is 1. The molecule has 1 heterocycles. The van der Waals surface area contributed by atoms with Gasteiger partial charge in [-0.15, -0.1) is 0 Å². The molecule has 0 radical (unpaired) electrons. The van der Waals surface area contributed by atoms with Crippen LogP contribution in [0.5, 0.6) is 0 Å². The molecule has 0 aromatic heterocycles. The molecule has 98 valence electrons. The predicted octanol–water partition coefficient (Wildman–Crippen LogP) is 1.83. The van der Waals surface area contributed by atoms with E-state index in [-0.39, 0.29) is 5.91 Å². The summed E-state index contributed by atoms with van der Waals surface area (Å²) >= 11 is 1.86. The Labute approximate surface area is 112 Å². The molecule has 1 aromatic rings. The van der Waals surface area contributed by atoms with Crippen LogP contribution in [0, 0.1) is 0 Å². The first-order valence-electron chi connectivity index (χ1n) is 6.04. The summed E-state index contributed by atoms with van der Waals surface area (Å²) in [5.41, 5.74) is 8.64. The van der Waals surface area contributed by atoms with Gasteiger partial charge in [-0.25, -0.2) is 0 Å². The summed E-state index contributed by atoms with van der Waals surface area (Å²) in [4.78, 5) is 13.7. The Balaban J connectivity index is 2.08. The Kier molecular flexibility index (Phi) is 4.14. The van der Waals surface area contributed by atoms with E-state index in [0.717, 1.165) is 35.7 Å². The first-order chi connectivity index (χ1) is 8.63. The molecule has 0 fully saturated rings. The van der Waals surface area contributed by atoms with Crippen LogP contribution in [-0.4, -0.2) is 31.5 Å². The quantitative estimate of drug-likeness (QED) is 0.797. The number of hydrogen-bond acceptors (Lipinski definition) is 4. The molecule has 0 saturated heterocycles. The number of carbonyl (C=O) groups excluding carboxylic acids is 1. The van der Waals surface area contributed by atoms with Gasteiger partial charge in [0.05, 0.1) is 0 Å². The summed E-state index contributed by atoms with van der Waals surface area (Å²) in [5, 5.41) is 2.81. The van der Waals surface area contributed by atoms with E-state index in [9.17, 15) is 4.79 Å². The Morgan fingerprint density at radius 1 is 1.50 bits per heavy atom. The molecule has 4 nitrogen and oxygen atoms in total. The SMILES string of the molecule is CSCCCN(C)c1ccc2c(c1)NC(=O)C2N. The number of nitrogens with zero attached hydrogens (tertiary/aromatic N) is 1. The Bertz CT molecular complexity index is 450. The second kappa shape index (κ2) is 5.63. The van der Waals surface area contributed by atoms with Gasteiger partial charge in [0.25, 0.3) is 0 Å². The maximum absolute atomic E-state index is 11.5. The highest BCUT2D eigenvalue weighted by atomic mass is 32.2. The molecule has 1 aliphatic rings. The Morgan fingerprint density at radius 2 is 2.28 bits per heavy atom. The number of amides is 1. The number of thioether (sulfide) groups is 1. The standard InChI is InChI=1S/C13H19N3OS/c1-16(6-3-7-18-2)9-4-5-10-11(8-9)15-13(17)12(10)14/h4-5,8,12H,3,6-7,14H2,1-2H3,(H,15,17). The minimum absolute atomic E-state index is 0.118. The van der Waals surface area contributed by atoms with Crippen molar-refractivity contribution in [2.24, 2.45) is 5.73 Å². The molecular formula is C13H19N3OS. The molecule has 5 heteroatoms. The summed E-state index contributed by atoms with van der Waals surface area (Å²) in [6.45, 7) is 1.01. The smallest absolute Gasteiger partial charge is 0.245 e. The fourth-order valence-corrected chi connectivity index (χ4v) is 2.51. The van der Waals surface area contributed by atoms with Crippen molar-refractivity contribution in [3.63, 3.8) is 0 Å². The van der Waals surface area contributed by atoms with Crippen LogP contribution in [-0.2, 0) is 4.79 Å². The molecule has 0 aliphatic carbocycles. The molecule has 3 N–H and O–H groups in total. The highest BCUT2D eigenvalue weighted by Crippen LogP contribution is 2.32. The van der Waals surface area contributed by atoms with Crippen LogP contribution < -0.4 is 16.0 Å². The fourth-order valence-electron chi connectivity index (χ4n) is 2.09. The van der Waals surface area contributed by atoms with Gasteiger partial charge in [-0.2, -0.15) is 11.8 Å². The van der Waals surface area contributed by atoms with Crippen molar-refractivity contribution >= 4 is 29.0 Å². The van der Waals surface area contributed by atoms with Gasteiger partial charge in [0, 0.05) is 30.5 Å². The maximum Gasteiger partial charge on any atom is 0.245 e. The number of rotatable bonds is 5. The second-order valence-corrected chi connectivity index (χ2v) is 5.49. The van der Waals surface area contributed by atoms with E-state index >= 15 is 0 Å². The van der Waals surface area contributed by atoms with Gasteiger partial charge < -0.3 is 16.0 Å². The lowest BCUT2D eigenvalue weighted by Crippen LogP contribution is -2.19. The average molecular weight is 265 g/mol. The minimum Gasteiger partial charge on any atom is -0.375 e. The van der Waals surface area contributed by atoms with Gasteiger partial charge in [0.2, 0.25) is 5.91 Å². The van der Waals surface area contributed by atoms with Gasteiger partial charge in [-0.05, 0) is 30.6 Å². The van der Waals surface area contributed by atoms with E-state index in [1.807, 2.05) is 30.0 Å². The van der Waals surface area contributed by atoms with E-state index in [2.05, 4.69) is 23.5 Å². The number of carbonyl (C=O) groups is 1. The van der Waals surface area contributed by atoms with Crippen molar-refractivity contribution < 1.29 is 4.79 Å². The van der Waals surface area contributed by atoms with Crippen LogP contribution in [0.2, 0.25) is 0 Å². The van der Waals surface area contributed by atoms with Gasteiger partial charge in [-0.3, -0.25) is 4.79 Å². The molecule has 1 atom stereocenters. The van der Waals surface area contributed by atoms with Crippen LogP contribution in [0.3, 0.4) is 0 Å². The van der Waals surface area contributed by atoms with E-state index in [0.29, 0.717) is 0 Å². The van der Waals surface area contributed by atoms with Gasteiger partial charge >= 0.3 is 0 Å². The number of anilines is 2. The topological polar surface area (TPSA) is 58.4 Å². The lowest BCUT2D eigenvalue weighted by molar-refractivity contribution is -0.116. The molecule has 18 heavy (non-hydrogen) atoms. The van der Waals surface area contributed by atoms with Crippen LogP contribution in [0.4, 0.5) is 11.4 Å². The molecule has 1 amide bonds. The molecule has 1 aliphatic heterocycles. The molecule has 1 aromatic carbocycles. The zero-order valence-electron chi connectivity index (χ0n) is 10.8. The average Bonchev–Trinajstić information content (AvgIpc) is 2.65. The minimum atomic E-state index is -0.518. The van der Waals surface area contributed by atoms with Gasteiger partial charge in [0.1, 0.15) is 6.04 Å². The van der Waals surface area contributed by atoms with Crippen molar-refractivity contribution in [3.8, 4) is 0 Å². The van der Waals surface area contributed by atoms with E-state index in [4.69, 9.17) is 5.73 Å². The van der Waals surface area contributed by atoms with Crippen LogP contribution in [0.15, 0.2) is 18.2 Å². The van der Waals surface area contributed by atoms with E-state index in [1.54, 1.807) is 0 Å². The van der Waals surface area contributed by atoms with Gasteiger partial charge in [-0.1, -0.05) is 6.07 Å². The number of benzene rings is 1. The highest BCUT2D eigenvalue weighted by molar-refractivity contribution is 7.98. The first-order valence-corrected chi connectivity index (χ1v) is 7.43. The summed E-state index contributed by atoms with van der Waals surface area (Å²) in [5.74, 6) is 1.05. The molecule has 0 spiro atoms. The summed E-state index contributed by atoms with van der Waals surface area (Å²) in [6, 6.07) is 5.45. The van der Waals surface area contributed by atoms with E-state index < -0.39 is 6.04 Å². The normalized spacial score (nSPS) is 17.5. The zero-order valence-corrected chi connectivity index (χ0v) is 11.6. The first kappa shape index (κ1) is 13.2. The lowest BCUT2D eigenvalue weighted by Gasteiger charge is -2.20. The Hall–Kier alpha value is -1.20. The van der Waals surface area contributed by atoms with Crippen LogP contribution >= 0.6 is 11.8 Å². The van der Waals surface area contributed by atoms with E-state index in [1.165, 1.54) is 0 Å². The summed E-state index contributed by atoms with van der Waals surface area (Å²) < 4.78 is 0. The molecule has 0 bridgehead atoms. The number of nitrogens with one attached hydrogen (secondary N) is 1. The zero-order chi connectivity index (χ0) is 13.1. The highest BCUT2D eigenvalue weighted by Gasteiger charge is 2.27. The van der Waals surface area contributed by atoms with Crippen molar-refractivity contribution in [3.05, 3.63) is 23.8 Å². The predicted molar refractivity (Wildman–Crippen MR) is 78.3 cm³/mol. The number of nitrogens with two attached hydrogens (primary N) is 1. The third kappa shape index (κ3) is 2.62. The molecular weight excluding hydrogens is 246 g/mol. The Morgan fingerprint density at radius 3 is 3.00 bits per heavy atom. The third-order valence-corrected chi connectivity index (χ3v) is 3.89. The van der Waals surface area contributed by atoms with Crippen molar-refractivity contribution in [2.45, 2.75) is 12.5 Å². The largest absolute Gasteiger partial charge is 0.375 e. The van der Waals surface area contributed by atoms with Crippen molar-refractivity contribution in [1.82, 2.24) is 0 Å². The molecule has 0 saturated carbocycles.